The molecule has 1 atom stereocenters. The summed E-state index contributed by atoms with van der Waals surface area (Å²) >= 11 is 0. The van der Waals surface area contributed by atoms with Crippen LogP contribution < -0.4 is 5.32 Å². The monoisotopic (exact) mass is 268 g/mol. The zero-order valence-corrected chi connectivity index (χ0v) is 11.0. The van der Waals surface area contributed by atoms with Gasteiger partial charge in [0, 0.05) is 0 Å². The molecule has 0 fully saturated rings. The van der Waals surface area contributed by atoms with Crippen LogP contribution in [0, 0.1) is 23.0 Å². The van der Waals surface area contributed by atoms with Crippen LogP contribution in [0.15, 0.2) is 6.20 Å². The molecule has 2 N–H and O–H groups in total. The van der Waals surface area contributed by atoms with E-state index >= 15 is 0 Å². The van der Waals surface area contributed by atoms with Crippen molar-refractivity contribution >= 4 is 17.6 Å². The first-order valence-electron chi connectivity index (χ1n) is 5.78. The van der Waals surface area contributed by atoms with Gasteiger partial charge in [0.1, 0.15) is 17.9 Å². The molecule has 1 rings (SSSR count). The van der Waals surface area contributed by atoms with Gasteiger partial charge in [0.15, 0.2) is 0 Å². The van der Waals surface area contributed by atoms with Gasteiger partial charge in [-0.2, -0.15) is 0 Å². The number of nitrogens with one attached hydrogen (secondary N) is 1. The van der Waals surface area contributed by atoms with Gasteiger partial charge in [0.25, 0.3) is 0 Å². The molecule has 0 aliphatic carbocycles. The SMILES string of the molecule is Cc1nc(N[C@@H](CC(C)C)C(=O)O)ncc1[N+](=O)[O-]. The van der Waals surface area contributed by atoms with Gasteiger partial charge < -0.3 is 10.4 Å². The second-order valence-electron chi connectivity index (χ2n) is 4.59. The summed E-state index contributed by atoms with van der Waals surface area (Å²) in [5, 5.41) is 22.4. The summed E-state index contributed by atoms with van der Waals surface area (Å²) in [4.78, 5) is 28.8. The number of carboxylic acid groups (broad SMARTS) is 1. The lowest BCUT2D eigenvalue weighted by atomic mass is 10.0. The van der Waals surface area contributed by atoms with E-state index in [9.17, 15) is 14.9 Å². The van der Waals surface area contributed by atoms with Crippen LogP contribution in [0.4, 0.5) is 11.6 Å². The lowest BCUT2D eigenvalue weighted by Crippen LogP contribution is -2.31. The molecule has 0 aliphatic heterocycles. The van der Waals surface area contributed by atoms with Crippen molar-refractivity contribution in [3.05, 3.63) is 22.0 Å². The van der Waals surface area contributed by atoms with E-state index in [0.29, 0.717) is 6.42 Å². The molecule has 0 saturated heterocycles. The lowest BCUT2D eigenvalue weighted by Gasteiger charge is -2.16. The Bertz CT molecular complexity index is 490. The molecular formula is C11H16N4O4. The predicted octanol–water partition coefficient (Wildman–Crippen LogP) is 1.60. The Kier molecular flexibility index (Phi) is 4.74. The van der Waals surface area contributed by atoms with E-state index in [4.69, 9.17) is 5.11 Å². The Morgan fingerprint density at radius 3 is 2.63 bits per heavy atom. The van der Waals surface area contributed by atoms with Gasteiger partial charge in [-0.15, -0.1) is 0 Å². The predicted molar refractivity (Wildman–Crippen MR) is 67.9 cm³/mol. The van der Waals surface area contributed by atoms with Crippen LogP contribution in [-0.4, -0.2) is 32.0 Å². The lowest BCUT2D eigenvalue weighted by molar-refractivity contribution is -0.386. The molecule has 8 heteroatoms. The van der Waals surface area contributed by atoms with Gasteiger partial charge >= 0.3 is 11.7 Å². The average molecular weight is 268 g/mol. The first-order chi connectivity index (χ1) is 8.81. The standard InChI is InChI=1S/C11H16N4O4/c1-6(2)4-8(10(16)17)14-11-12-5-9(15(18)19)7(3)13-11/h5-6,8H,4H2,1-3H3,(H,16,17)(H,12,13,14)/t8-/m0/s1. The Hall–Kier alpha value is -2.25. The van der Waals surface area contributed by atoms with Gasteiger partial charge in [-0.05, 0) is 19.3 Å². The zero-order chi connectivity index (χ0) is 14.6. The van der Waals surface area contributed by atoms with Crippen LogP contribution in [0.25, 0.3) is 0 Å². The summed E-state index contributed by atoms with van der Waals surface area (Å²) < 4.78 is 0. The van der Waals surface area contributed by atoms with Crippen molar-refractivity contribution in [1.29, 1.82) is 0 Å². The van der Waals surface area contributed by atoms with E-state index in [0.717, 1.165) is 6.20 Å². The maximum atomic E-state index is 11.1. The van der Waals surface area contributed by atoms with Crippen molar-refractivity contribution in [2.24, 2.45) is 5.92 Å². The Balaban J connectivity index is 2.88. The minimum atomic E-state index is -1.01. The third kappa shape index (κ3) is 4.16. The van der Waals surface area contributed by atoms with Gasteiger partial charge in [0.2, 0.25) is 5.95 Å². The molecule has 1 heterocycles. The highest BCUT2D eigenvalue weighted by Gasteiger charge is 2.21. The van der Waals surface area contributed by atoms with Crippen molar-refractivity contribution in [2.75, 3.05) is 5.32 Å². The van der Waals surface area contributed by atoms with Gasteiger partial charge in [-0.3, -0.25) is 10.1 Å². The maximum Gasteiger partial charge on any atom is 0.326 e. The molecule has 0 aliphatic rings. The summed E-state index contributed by atoms with van der Waals surface area (Å²) in [6, 6.07) is -0.819. The van der Waals surface area contributed by atoms with Crippen LogP contribution >= 0.6 is 0 Å². The fourth-order valence-electron chi connectivity index (χ4n) is 1.56. The fraction of sp³-hybridized carbons (Fsp3) is 0.545. The summed E-state index contributed by atoms with van der Waals surface area (Å²) in [7, 11) is 0. The quantitative estimate of drug-likeness (QED) is 0.594. The van der Waals surface area contributed by atoms with Crippen LogP contribution in [0.3, 0.4) is 0 Å². The number of carbonyl (C=O) groups is 1. The van der Waals surface area contributed by atoms with Gasteiger partial charge in [-0.25, -0.2) is 14.8 Å². The summed E-state index contributed by atoms with van der Waals surface area (Å²) in [6.45, 7) is 5.28. The molecule has 0 spiro atoms. The number of carboxylic acids is 1. The second kappa shape index (κ2) is 6.07. The molecule has 0 amide bonds. The highest BCUT2D eigenvalue weighted by molar-refractivity contribution is 5.76. The molecule has 0 unspecified atom stereocenters. The van der Waals surface area contributed by atoms with Crippen molar-refractivity contribution in [3.8, 4) is 0 Å². The minimum absolute atomic E-state index is 0.0798. The summed E-state index contributed by atoms with van der Waals surface area (Å²) in [6.07, 6.45) is 1.48. The summed E-state index contributed by atoms with van der Waals surface area (Å²) in [5.41, 5.74) is -0.00234. The Morgan fingerprint density at radius 2 is 2.21 bits per heavy atom. The highest BCUT2D eigenvalue weighted by Crippen LogP contribution is 2.16. The van der Waals surface area contributed by atoms with Crippen LogP contribution in [-0.2, 0) is 4.79 Å². The topological polar surface area (TPSA) is 118 Å². The zero-order valence-electron chi connectivity index (χ0n) is 11.0. The number of anilines is 1. The Labute approximate surface area is 110 Å². The van der Waals surface area contributed by atoms with Gasteiger partial charge in [-0.1, -0.05) is 13.8 Å². The largest absolute Gasteiger partial charge is 0.480 e. The first-order valence-corrected chi connectivity index (χ1v) is 5.78. The number of hydrogen-bond donors (Lipinski definition) is 2. The number of rotatable bonds is 6. The number of aryl methyl sites for hydroxylation is 1. The maximum absolute atomic E-state index is 11.1. The molecule has 0 saturated carbocycles. The summed E-state index contributed by atoms with van der Waals surface area (Å²) in [5.74, 6) is -0.739. The van der Waals surface area contributed by atoms with Crippen molar-refractivity contribution in [1.82, 2.24) is 9.97 Å². The minimum Gasteiger partial charge on any atom is -0.480 e. The van der Waals surface area contributed by atoms with Gasteiger partial charge in [0.05, 0.1) is 4.92 Å². The Morgan fingerprint density at radius 1 is 1.58 bits per heavy atom. The fourth-order valence-corrected chi connectivity index (χ4v) is 1.56. The molecule has 0 radical (unpaired) electrons. The third-order valence-corrected chi connectivity index (χ3v) is 2.46. The number of nitro groups is 1. The van der Waals surface area contributed by atoms with Crippen molar-refractivity contribution in [3.63, 3.8) is 0 Å². The van der Waals surface area contributed by atoms with E-state index in [-0.39, 0.29) is 23.2 Å². The average Bonchev–Trinajstić information content (AvgIpc) is 2.26. The first kappa shape index (κ1) is 14.8. The van der Waals surface area contributed by atoms with E-state index in [1.807, 2.05) is 13.8 Å². The number of aliphatic carboxylic acids is 1. The third-order valence-electron chi connectivity index (χ3n) is 2.46. The van der Waals surface area contributed by atoms with E-state index in [2.05, 4.69) is 15.3 Å². The smallest absolute Gasteiger partial charge is 0.326 e. The van der Waals surface area contributed by atoms with E-state index in [1.54, 1.807) is 0 Å². The van der Waals surface area contributed by atoms with E-state index in [1.165, 1.54) is 6.92 Å². The molecule has 1 aromatic rings. The molecule has 19 heavy (non-hydrogen) atoms. The van der Waals surface area contributed by atoms with E-state index < -0.39 is 16.9 Å². The van der Waals surface area contributed by atoms with Crippen molar-refractivity contribution < 1.29 is 14.8 Å². The molecule has 1 aromatic heterocycles. The molecule has 0 aromatic carbocycles. The number of aromatic nitrogens is 2. The normalized spacial score (nSPS) is 12.2. The number of hydrogen-bond acceptors (Lipinski definition) is 6. The van der Waals surface area contributed by atoms with Crippen LogP contribution in [0.5, 0.6) is 0 Å². The second-order valence-corrected chi connectivity index (χ2v) is 4.59. The van der Waals surface area contributed by atoms with Crippen molar-refractivity contribution in [2.45, 2.75) is 33.2 Å². The molecule has 0 bridgehead atoms. The number of nitrogens with zero attached hydrogens (tertiary/aromatic N) is 3. The van der Waals surface area contributed by atoms with Crippen LogP contribution in [0.1, 0.15) is 26.0 Å². The van der Waals surface area contributed by atoms with Crippen LogP contribution in [0.2, 0.25) is 0 Å². The molecule has 104 valence electrons. The molecular weight excluding hydrogens is 252 g/mol. The molecule has 8 nitrogen and oxygen atoms in total. The highest BCUT2D eigenvalue weighted by atomic mass is 16.6.